The molecule has 3 amide bonds. The summed E-state index contributed by atoms with van der Waals surface area (Å²) in [4.78, 5) is 70.5. The van der Waals surface area contributed by atoms with Gasteiger partial charge in [0.1, 0.15) is 12.3 Å². The van der Waals surface area contributed by atoms with Gasteiger partial charge in [0.2, 0.25) is 12.3 Å². The van der Waals surface area contributed by atoms with Crippen LogP contribution in [0.5, 0.6) is 0 Å². The Hall–Kier alpha value is -4.34. The molecule has 0 spiro atoms. The van der Waals surface area contributed by atoms with E-state index in [1.807, 2.05) is 37.1 Å². The summed E-state index contributed by atoms with van der Waals surface area (Å²) >= 11 is 0. The maximum Gasteiger partial charge on any atom is 0.305 e. The van der Waals surface area contributed by atoms with Gasteiger partial charge >= 0.3 is 5.97 Å². The van der Waals surface area contributed by atoms with E-state index in [9.17, 15) is 28.8 Å². The number of nitrogens with zero attached hydrogens (tertiary/aromatic N) is 1. The van der Waals surface area contributed by atoms with Gasteiger partial charge < -0.3 is 25.4 Å². The van der Waals surface area contributed by atoms with Crippen molar-refractivity contribution in [2.24, 2.45) is 5.92 Å². The Morgan fingerprint density at radius 2 is 1.62 bits per heavy atom. The number of carbonyl (C=O) groups is 6. The van der Waals surface area contributed by atoms with Gasteiger partial charge in [-0.15, -0.1) is 0 Å². The molecule has 1 aliphatic heterocycles. The van der Waals surface area contributed by atoms with Gasteiger partial charge in [0, 0.05) is 23.7 Å². The molecule has 0 saturated carbocycles. The first kappa shape index (κ1) is 30.9. The zero-order chi connectivity index (χ0) is 28.9. The van der Waals surface area contributed by atoms with Crippen LogP contribution >= 0.6 is 0 Å². The van der Waals surface area contributed by atoms with Gasteiger partial charge in [0.15, 0.2) is 5.78 Å². The molecular weight excluding hydrogens is 502 g/mol. The van der Waals surface area contributed by atoms with E-state index in [1.165, 1.54) is 0 Å². The van der Waals surface area contributed by atoms with Crippen LogP contribution in [0, 0.1) is 5.92 Å². The number of carboxylic acids is 1. The van der Waals surface area contributed by atoms with E-state index in [0.29, 0.717) is 23.8 Å². The number of hydrogen-bond acceptors (Lipinski definition) is 6. The molecule has 2 aromatic carbocycles. The molecule has 0 aromatic heterocycles. The van der Waals surface area contributed by atoms with Crippen LogP contribution in [0.3, 0.4) is 0 Å². The highest BCUT2D eigenvalue weighted by Crippen LogP contribution is 2.20. The number of rotatable bonds is 11. The van der Waals surface area contributed by atoms with E-state index in [0.717, 1.165) is 19.4 Å². The van der Waals surface area contributed by atoms with Crippen LogP contribution in [0.15, 0.2) is 54.6 Å². The van der Waals surface area contributed by atoms with Gasteiger partial charge in [0.25, 0.3) is 5.91 Å². The van der Waals surface area contributed by atoms with Crippen molar-refractivity contribution >= 4 is 36.3 Å². The molecule has 2 aromatic rings. The summed E-state index contributed by atoms with van der Waals surface area (Å²) in [5.41, 5.74) is 1.14. The SMILES string of the molecule is CC(C)C(NC(=O)c1ccccc1C(=O)c1ccccc1)C(=O)N1CCCC1C.O=CN[C@H](C=O)CC(=O)O. The summed E-state index contributed by atoms with van der Waals surface area (Å²) < 4.78 is 0. The van der Waals surface area contributed by atoms with E-state index in [4.69, 9.17) is 5.11 Å². The standard InChI is InChI=1S/C24H28N2O3.C5H7NO4/c1-16(2)21(24(29)26-15-9-10-17(26)3)25-23(28)20-14-8-7-13-19(20)22(27)18-11-5-4-6-12-18;7-2-4(6-3-8)1-5(9)10/h4-8,11-14,16-17,21H,9-10,15H2,1-3H3,(H,25,28);2-4H,1H2,(H,6,8)(H,9,10)/t;4-/m.0/s1. The molecule has 0 radical (unpaired) electrons. The highest BCUT2D eigenvalue weighted by molar-refractivity contribution is 6.15. The molecule has 10 heteroatoms. The second-order valence-corrected chi connectivity index (χ2v) is 9.58. The molecule has 10 nitrogen and oxygen atoms in total. The maximum atomic E-state index is 13.1. The molecule has 208 valence electrons. The number of benzene rings is 2. The minimum atomic E-state index is -1.12. The number of amides is 3. The molecule has 3 rings (SSSR count). The van der Waals surface area contributed by atoms with Crippen molar-refractivity contribution in [3.63, 3.8) is 0 Å². The van der Waals surface area contributed by atoms with Gasteiger partial charge in [-0.1, -0.05) is 62.4 Å². The Balaban J connectivity index is 0.000000455. The molecule has 1 fully saturated rings. The highest BCUT2D eigenvalue weighted by Gasteiger charge is 2.34. The smallest absolute Gasteiger partial charge is 0.305 e. The third kappa shape index (κ3) is 8.87. The summed E-state index contributed by atoms with van der Waals surface area (Å²) in [7, 11) is 0. The number of ketones is 1. The summed E-state index contributed by atoms with van der Waals surface area (Å²) in [5, 5.41) is 13.1. The van der Waals surface area contributed by atoms with E-state index >= 15 is 0 Å². The summed E-state index contributed by atoms with van der Waals surface area (Å²) in [6.45, 7) is 6.61. The van der Waals surface area contributed by atoms with E-state index < -0.39 is 24.0 Å². The van der Waals surface area contributed by atoms with Crippen molar-refractivity contribution in [2.75, 3.05) is 6.54 Å². The van der Waals surface area contributed by atoms with Crippen molar-refractivity contribution in [1.29, 1.82) is 0 Å². The van der Waals surface area contributed by atoms with Gasteiger partial charge in [-0.2, -0.15) is 0 Å². The van der Waals surface area contributed by atoms with Crippen LogP contribution in [0.2, 0.25) is 0 Å². The predicted octanol–water partition coefficient (Wildman–Crippen LogP) is 2.46. The first-order valence-corrected chi connectivity index (χ1v) is 12.8. The normalized spacial score (nSPS) is 15.8. The Bertz CT molecular complexity index is 1170. The quantitative estimate of drug-likeness (QED) is 0.294. The van der Waals surface area contributed by atoms with E-state index in [1.54, 1.807) is 48.5 Å². The zero-order valence-corrected chi connectivity index (χ0v) is 22.3. The monoisotopic (exact) mass is 537 g/mol. The molecule has 0 aliphatic carbocycles. The number of hydrogen-bond donors (Lipinski definition) is 3. The Kier molecular flexibility index (Phi) is 12.0. The Labute approximate surface area is 227 Å². The lowest BCUT2D eigenvalue weighted by Gasteiger charge is -2.29. The zero-order valence-electron chi connectivity index (χ0n) is 22.3. The van der Waals surface area contributed by atoms with Gasteiger partial charge in [-0.05, 0) is 31.7 Å². The molecule has 2 unspecified atom stereocenters. The van der Waals surface area contributed by atoms with Crippen LogP contribution in [0.1, 0.15) is 66.3 Å². The van der Waals surface area contributed by atoms with Crippen molar-refractivity contribution < 1.29 is 33.9 Å². The topological polar surface area (TPSA) is 150 Å². The van der Waals surface area contributed by atoms with Gasteiger partial charge in [-0.3, -0.25) is 24.0 Å². The van der Waals surface area contributed by atoms with Crippen LogP contribution in [0.4, 0.5) is 0 Å². The van der Waals surface area contributed by atoms with Crippen LogP contribution in [-0.2, 0) is 19.2 Å². The fourth-order valence-corrected chi connectivity index (χ4v) is 4.22. The maximum absolute atomic E-state index is 13.1. The fourth-order valence-electron chi connectivity index (χ4n) is 4.22. The lowest BCUT2D eigenvalue weighted by Crippen LogP contribution is -2.52. The number of likely N-dealkylation sites (tertiary alicyclic amines) is 1. The van der Waals surface area contributed by atoms with Crippen LogP contribution in [0.25, 0.3) is 0 Å². The summed E-state index contributed by atoms with van der Waals surface area (Å²) in [6, 6.07) is 14.3. The van der Waals surface area contributed by atoms with Crippen LogP contribution < -0.4 is 10.6 Å². The third-order valence-corrected chi connectivity index (χ3v) is 6.35. The molecule has 3 atom stereocenters. The minimum absolute atomic E-state index is 0.0507. The average molecular weight is 538 g/mol. The largest absolute Gasteiger partial charge is 0.481 e. The fraction of sp³-hybridized carbons (Fsp3) is 0.379. The third-order valence-electron chi connectivity index (χ3n) is 6.35. The van der Waals surface area contributed by atoms with Crippen molar-refractivity contribution in [1.82, 2.24) is 15.5 Å². The Morgan fingerprint density at radius 3 is 2.13 bits per heavy atom. The molecule has 1 saturated heterocycles. The Morgan fingerprint density at radius 1 is 1.00 bits per heavy atom. The number of aliphatic carboxylic acids is 1. The lowest BCUT2D eigenvalue weighted by molar-refractivity contribution is -0.138. The van der Waals surface area contributed by atoms with Gasteiger partial charge in [0.05, 0.1) is 18.0 Å². The number of carboxylic acid groups (broad SMARTS) is 1. The highest BCUT2D eigenvalue weighted by atomic mass is 16.4. The second-order valence-electron chi connectivity index (χ2n) is 9.58. The average Bonchev–Trinajstić information content (AvgIpc) is 3.36. The molecule has 0 bridgehead atoms. The van der Waals surface area contributed by atoms with E-state index in [-0.39, 0.29) is 35.6 Å². The molecule has 1 aliphatic rings. The number of carbonyl (C=O) groups excluding carboxylic acids is 5. The van der Waals surface area contributed by atoms with Crippen molar-refractivity contribution in [3.05, 3.63) is 71.3 Å². The molecule has 3 N–H and O–H groups in total. The first-order chi connectivity index (χ1) is 18.6. The number of aldehydes is 1. The second kappa shape index (κ2) is 15.2. The molecular formula is C29H35N3O7. The number of nitrogens with one attached hydrogen (secondary N) is 2. The van der Waals surface area contributed by atoms with E-state index in [2.05, 4.69) is 5.32 Å². The van der Waals surface area contributed by atoms with Crippen molar-refractivity contribution in [3.8, 4) is 0 Å². The summed E-state index contributed by atoms with van der Waals surface area (Å²) in [6.07, 6.45) is 2.27. The molecule has 1 heterocycles. The minimum Gasteiger partial charge on any atom is -0.481 e. The van der Waals surface area contributed by atoms with Crippen LogP contribution in [-0.4, -0.2) is 70.9 Å². The summed E-state index contributed by atoms with van der Waals surface area (Å²) in [5.74, 6) is -1.84. The van der Waals surface area contributed by atoms with Gasteiger partial charge in [-0.25, -0.2) is 0 Å². The predicted molar refractivity (Wildman–Crippen MR) is 144 cm³/mol. The first-order valence-electron chi connectivity index (χ1n) is 12.8. The van der Waals surface area contributed by atoms with Crippen molar-refractivity contribution in [2.45, 2.75) is 58.2 Å². The molecule has 39 heavy (non-hydrogen) atoms. The lowest BCUT2D eigenvalue weighted by atomic mass is 9.96.